The molecule has 5 N–H and O–H groups in total. The fourth-order valence-corrected chi connectivity index (χ4v) is 4.37. The third kappa shape index (κ3) is 3.41. The molecule has 10 nitrogen and oxygen atoms in total. The first kappa shape index (κ1) is 20.2. The van der Waals surface area contributed by atoms with Gasteiger partial charge < -0.3 is 30.9 Å². The van der Waals surface area contributed by atoms with Crippen molar-refractivity contribution in [1.82, 2.24) is 10.2 Å². The van der Waals surface area contributed by atoms with Gasteiger partial charge in [0.1, 0.15) is 11.4 Å². The average Bonchev–Trinajstić information content (AvgIpc) is 2.58. The van der Waals surface area contributed by atoms with Crippen molar-refractivity contribution in [1.29, 1.82) is 0 Å². The molecule has 4 atom stereocenters. The number of hydrogen-bond donors (Lipinski definition) is 4. The second kappa shape index (κ2) is 7.64. The standard InChI is InChI=1S/C15H21N3O7S/c1-7-6-26-14-15(25-2,13(24)18(14)10(7)12(22)23)17-9(19)5-3-4-8(16)11(20)21/h8,10,14H,1,3-6,16H2,2H3,(H,17,19)(H,20,21)(H,22,23)/t8?,10?,14-,15?/m1/s1. The van der Waals surface area contributed by atoms with E-state index in [9.17, 15) is 24.3 Å². The van der Waals surface area contributed by atoms with Crippen LogP contribution in [0.4, 0.5) is 0 Å². The number of hydrogen-bond acceptors (Lipinski definition) is 7. The number of carbonyl (C=O) groups excluding carboxylic acids is 2. The van der Waals surface area contributed by atoms with E-state index in [2.05, 4.69) is 11.9 Å². The highest BCUT2D eigenvalue weighted by Gasteiger charge is 2.67. The van der Waals surface area contributed by atoms with E-state index < -0.39 is 46.9 Å². The molecule has 0 spiro atoms. The molecule has 2 saturated heterocycles. The second-order valence-electron chi connectivity index (χ2n) is 6.10. The Balaban J connectivity index is 2.02. The normalized spacial score (nSPS) is 28.8. The number of rotatable bonds is 8. The molecule has 11 heteroatoms. The van der Waals surface area contributed by atoms with Gasteiger partial charge in [-0.1, -0.05) is 6.58 Å². The van der Waals surface area contributed by atoms with Crippen LogP contribution in [0, 0.1) is 0 Å². The molecule has 2 fully saturated rings. The Labute approximate surface area is 153 Å². The van der Waals surface area contributed by atoms with Gasteiger partial charge in [0, 0.05) is 19.3 Å². The summed E-state index contributed by atoms with van der Waals surface area (Å²) in [5, 5.41) is 19.9. The summed E-state index contributed by atoms with van der Waals surface area (Å²) in [5.41, 5.74) is 4.14. The number of aliphatic carboxylic acids is 2. The number of nitrogens with one attached hydrogen (secondary N) is 1. The van der Waals surface area contributed by atoms with E-state index in [1.807, 2.05) is 0 Å². The van der Waals surface area contributed by atoms with Gasteiger partial charge in [-0.3, -0.25) is 14.4 Å². The minimum absolute atomic E-state index is 0.0359. The van der Waals surface area contributed by atoms with E-state index in [4.69, 9.17) is 15.6 Å². The van der Waals surface area contributed by atoms with E-state index in [-0.39, 0.29) is 19.3 Å². The Kier molecular flexibility index (Phi) is 5.94. The van der Waals surface area contributed by atoms with Gasteiger partial charge in [0.05, 0.1) is 0 Å². The van der Waals surface area contributed by atoms with Crippen LogP contribution < -0.4 is 11.1 Å². The summed E-state index contributed by atoms with van der Waals surface area (Å²) < 4.78 is 5.27. The second-order valence-corrected chi connectivity index (χ2v) is 7.17. The smallest absolute Gasteiger partial charge is 0.330 e. The molecule has 0 aliphatic carbocycles. The Bertz CT molecular complexity index is 655. The van der Waals surface area contributed by atoms with Gasteiger partial charge in [0.25, 0.3) is 11.6 Å². The summed E-state index contributed by atoms with van der Waals surface area (Å²) in [6, 6.07) is -2.21. The highest BCUT2D eigenvalue weighted by atomic mass is 32.2. The van der Waals surface area contributed by atoms with Crippen molar-refractivity contribution in [2.24, 2.45) is 5.73 Å². The monoisotopic (exact) mass is 387 g/mol. The predicted octanol–water partition coefficient (Wildman–Crippen LogP) is -1.05. The zero-order chi connectivity index (χ0) is 19.6. The lowest BCUT2D eigenvalue weighted by Gasteiger charge is -2.58. The maximum atomic E-state index is 12.6. The van der Waals surface area contributed by atoms with E-state index in [1.165, 1.54) is 18.9 Å². The third-order valence-corrected chi connectivity index (χ3v) is 5.77. The number of methoxy groups -OCH3 is 1. The Morgan fingerprint density at radius 1 is 1.50 bits per heavy atom. The maximum Gasteiger partial charge on any atom is 0.330 e. The van der Waals surface area contributed by atoms with Gasteiger partial charge in [-0.2, -0.15) is 0 Å². The van der Waals surface area contributed by atoms with Crippen molar-refractivity contribution in [3.8, 4) is 0 Å². The number of carboxylic acids is 2. The number of nitrogens with zero attached hydrogens (tertiary/aromatic N) is 1. The average molecular weight is 387 g/mol. The summed E-state index contributed by atoms with van der Waals surface area (Å²) in [6.45, 7) is 3.69. The number of ether oxygens (including phenoxy) is 1. The number of β-lactam (4-membered cyclic amide) rings is 1. The molecular weight excluding hydrogens is 366 g/mol. The van der Waals surface area contributed by atoms with Crippen molar-refractivity contribution in [3.05, 3.63) is 12.2 Å². The van der Waals surface area contributed by atoms with Crippen molar-refractivity contribution in [3.63, 3.8) is 0 Å². The zero-order valence-corrected chi connectivity index (χ0v) is 15.0. The van der Waals surface area contributed by atoms with Crippen molar-refractivity contribution in [2.45, 2.75) is 42.4 Å². The van der Waals surface area contributed by atoms with Gasteiger partial charge in [0.2, 0.25) is 5.91 Å². The molecule has 2 rings (SSSR count). The molecule has 2 aliphatic heterocycles. The van der Waals surface area contributed by atoms with Crippen LogP contribution in [0.1, 0.15) is 19.3 Å². The number of thioether (sulfide) groups is 1. The quantitative estimate of drug-likeness (QED) is 0.231. The number of carbonyl (C=O) groups is 4. The molecule has 144 valence electrons. The first-order valence-electron chi connectivity index (χ1n) is 7.85. The number of amides is 2. The molecule has 26 heavy (non-hydrogen) atoms. The number of nitrogens with two attached hydrogens (primary N) is 1. The fourth-order valence-electron chi connectivity index (χ4n) is 2.97. The lowest BCUT2D eigenvalue weighted by Crippen LogP contribution is -2.83. The topological polar surface area (TPSA) is 159 Å². The molecule has 0 aromatic heterocycles. The molecule has 0 saturated carbocycles. The Morgan fingerprint density at radius 3 is 2.69 bits per heavy atom. The van der Waals surface area contributed by atoms with E-state index in [0.29, 0.717) is 11.3 Å². The molecular formula is C15H21N3O7S. The molecule has 0 bridgehead atoms. The van der Waals surface area contributed by atoms with Crippen LogP contribution in [0.25, 0.3) is 0 Å². The highest BCUT2D eigenvalue weighted by molar-refractivity contribution is 8.00. The fraction of sp³-hybridized carbons (Fsp3) is 0.600. The van der Waals surface area contributed by atoms with Gasteiger partial charge >= 0.3 is 11.9 Å². The van der Waals surface area contributed by atoms with E-state index >= 15 is 0 Å². The van der Waals surface area contributed by atoms with Gasteiger partial charge in [0.15, 0.2) is 6.04 Å². The molecule has 2 amide bonds. The first-order valence-corrected chi connectivity index (χ1v) is 8.90. The summed E-state index contributed by atoms with van der Waals surface area (Å²) in [4.78, 5) is 48.0. The van der Waals surface area contributed by atoms with E-state index in [0.717, 1.165) is 4.90 Å². The molecule has 0 aromatic rings. The molecule has 0 aromatic carbocycles. The summed E-state index contributed by atoms with van der Waals surface area (Å²) in [5.74, 6) is -3.18. The van der Waals surface area contributed by atoms with Crippen LogP contribution >= 0.6 is 11.8 Å². The summed E-state index contributed by atoms with van der Waals surface area (Å²) in [7, 11) is 1.26. The molecule has 2 heterocycles. The molecule has 3 unspecified atom stereocenters. The van der Waals surface area contributed by atoms with Crippen molar-refractivity contribution >= 4 is 35.5 Å². The van der Waals surface area contributed by atoms with Gasteiger partial charge in [-0.05, 0) is 18.4 Å². The first-order chi connectivity index (χ1) is 12.2. The Morgan fingerprint density at radius 2 is 2.15 bits per heavy atom. The SMILES string of the molecule is C=C1CS[C@H]2N(C(=O)C2(NC(=O)CCCC(N)C(=O)O)OC)C1C(=O)O. The van der Waals surface area contributed by atoms with Crippen LogP contribution in [0.5, 0.6) is 0 Å². The van der Waals surface area contributed by atoms with Crippen LogP contribution in [0.3, 0.4) is 0 Å². The zero-order valence-electron chi connectivity index (χ0n) is 14.1. The minimum atomic E-state index is -1.63. The maximum absolute atomic E-state index is 12.6. The van der Waals surface area contributed by atoms with E-state index in [1.54, 1.807) is 0 Å². The number of fused-ring (bicyclic) bond motifs is 1. The minimum Gasteiger partial charge on any atom is -0.480 e. The lowest BCUT2D eigenvalue weighted by atomic mass is 9.94. The van der Waals surface area contributed by atoms with Gasteiger partial charge in [-0.15, -0.1) is 11.8 Å². The Hall–Kier alpha value is -2.11. The largest absolute Gasteiger partial charge is 0.480 e. The van der Waals surface area contributed by atoms with Gasteiger partial charge in [-0.25, -0.2) is 4.79 Å². The van der Waals surface area contributed by atoms with Crippen LogP contribution in [-0.4, -0.2) is 74.9 Å². The van der Waals surface area contributed by atoms with Crippen LogP contribution in [0.15, 0.2) is 12.2 Å². The third-order valence-electron chi connectivity index (χ3n) is 4.36. The number of carboxylic acid groups (broad SMARTS) is 2. The molecule has 2 aliphatic rings. The van der Waals surface area contributed by atoms with Crippen LogP contribution in [-0.2, 0) is 23.9 Å². The van der Waals surface area contributed by atoms with Crippen LogP contribution in [0.2, 0.25) is 0 Å². The predicted molar refractivity (Wildman–Crippen MR) is 91.0 cm³/mol. The summed E-state index contributed by atoms with van der Waals surface area (Å²) in [6.07, 6.45) is 0.303. The van der Waals surface area contributed by atoms with Crippen molar-refractivity contribution in [2.75, 3.05) is 12.9 Å². The lowest BCUT2D eigenvalue weighted by molar-refractivity contribution is -0.202. The summed E-state index contributed by atoms with van der Waals surface area (Å²) >= 11 is 1.26. The molecule has 0 radical (unpaired) electrons. The van der Waals surface area contributed by atoms with Crippen molar-refractivity contribution < 1.29 is 34.1 Å². The highest BCUT2D eigenvalue weighted by Crippen LogP contribution is 2.46.